The number of carbonyl (C=O) groups is 1. The average molecular weight is 326 g/mol. The average Bonchev–Trinajstić information content (AvgIpc) is 2.68. The van der Waals surface area contributed by atoms with E-state index in [1.165, 1.54) is 12.1 Å². The molecule has 0 saturated carbocycles. The Labute approximate surface area is 118 Å². The van der Waals surface area contributed by atoms with Crippen LogP contribution >= 0.6 is 15.9 Å². The molecule has 1 aromatic carbocycles. The highest BCUT2D eigenvalue weighted by molar-refractivity contribution is 9.10. The summed E-state index contributed by atoms with van der Waals surface area (Å²) >= 11 is 3.07. The summed E-state index contributed by atoms with van der Waals surface area (Å²) < 4.78 is 15.2. The fraction of sp³-hybridized carbons (Fsp3) is 0.231. The molecule has 6 heteroatoms. The van der Waals surface area contributed by atoms with Gasteiger partial charge in [0.2, 0.25) is 0 Å². The van der Waals surface area contributed by atoms with E-state index >= 15 is 0 Å². The minimum absolute atomic E-state index is 0.176. The van der Waals surface area contributed by atoms with Gasteiger partial charge in [-0.1, -0.05) is 6.07 Å². The van der Waals surface area contributed by atoms with Crippen molar-refractivity contribution in [1.29, 1.82) is 0 Å². The Hall–Kier alpha value is -1.69. The van der Waals surface area contributed by atoms with Crippen LogP contribution in [0.4, 0.5) is 4.39 Å². The molecular formula is C13H13BrFN3O. The fourth-order valence-electron chi connectivity index (χ4n) is 1.77. The quantitative estimate of drug-likeness (QED) is 0.942. The van der Waals surface area contributed by atoms with Gasteiger partial charge in [0.15, 0.2) is 0 Å². The van der Waals surface area contributed by atoms with Gasteiger partial charge in [0.05, 0.1) is 15.7 Å². The van der Waals surface area contributed by atoms with Gasteiger partial charge in [-0.15, -0.1) is 0 Å². The number of carbonyl (C=O) groups excluding carboxylic acids is 1. The zero-order chi connectivity index (χ0) is 14.0. The summed E-state index contributed by atoms with van der Waals surface area (Å²) in [4.78, 5) is 12.0. The summed E-state index contributed by atoms with van der Waals surface area (Å²) in [6.07, 6.45) is 1.84. The van der Waals surface area contributed by atoms with Crippen molar-refractivity contribution in [2.45, 2.75) is 13.5 Å². The van der Waals surface area contributed by atoms with E-state index in [-0.39, 0.29) is 15.9 Å². The van der Waals surface area contributed by atoms with E-state index in [0.29, 0.717) is 6.54 Å². The number of hydrogen-bond donors (Lipinski definition) is 1. The summed E-state index contributed by atoms with van der Waals surface area (Å²) in [5.41, 5.74) is 2.08. The van der Waals surface area contributed by atoms with E-state index in [2.05, 4.69) is 26.3 Å². The maximum absolute atomic E-state index is 13.3. The number of nitrogens with zero attached hydrogens (tertiary/aromatic N) is 2. The largest absolute Gasteiger partial charge is 0.348 e. The van der Waals surface area contributed by atoms with E-state index < -0.39 is 5.82 Å². The number of nitrogens with one attached hydrogen (secondary N) is 1. The molecule has 0 fully saturated rings. The third-order valence-electron chi connectivity index (χ3n) is 2.75. The van der Waals surface area contributed by atoms with Crippen molar-refractivity contribution in [3.63, 3.8) is 0 Å². The lowest BCUT2D eigenvalue weighted by Gasteiger charge is -2.06. The molecule has 1 N–H and O–H groups in total. The van der Waals surface area contributed by atoms with Crippen LogP contribution in [0.2, 0.25) is 0 Å². The highest BCUT2D eigenvalue weighted by Crippen LogP contribution is 2.20. The molecule has 1 amide bonds. The van der Waals surface area contributed by atoms with Gasteiger partial charge in [0, 0.05) is 25.4 Å². The van der Waals surface area contributed by atoms with Crippen LogP contribution in [0.25, 0.3) is 0 Å². The summed E-state index contributed by atoms with van der Waals surface area (Å²) in [7, 11) is 1.82. The molecule has 0 radical (unpaired) electrons. The molecular weight excluding hydrogens is 313 g/mol. The highest BCUT2D eigenvalue weighted by Gasteiger charge is 2.13. The maximum Gasteiger partial charge on any atom is 0.252 e. The topological polar surface area (TPSA) is 46.9 Å². The van der Waals surface area contributed by atoms with E-state index in [1.807, 2.05) is 20.2 Å². The van der Waals surface area contributed by atoms with Crippen molar-refractivity contribution in [1.82, 2.24) is 15.1 Å². The molecule has 0 atom stereocenters. The van der Waals surface area contributed by atoms with Crippen LogP contribution in [0.3, 0.4) is 0 Å². The van der Waals surface area contributed by atoms with Crippen LogP contribution < -0.4 is 5.32 Å². The van der Waals surface area contributed by atoms with E-state index in [4.69, 9.17) is 0 Å². The van der Waals surface area contributed by atoms with E-state index in [1.54, 1.807) is 10.7 Å². The first-order valence-electron chi connectivity index (χ1n) is 5.70. The highest BCUT2D eigenvalue weighted by atomic mass is 79.9. The van der Waals surface area contributed by atoms with Crippen molar-refractivity contribution in [3.05, 3.63) is 51.5 Å². The lowest BCUT2D eigenvalue weighted by Crippen LogP contribution is -2.23. The summed E-state index contributed by atoms with van der Waals surface area (Å²) in [6.45, 7) is 2.24. The molecule has 0 aliphatic heterocycles. The number of aromatic nitrogens is 2. The van der Waals surface area contributed by atoms with Crippen molar-refractivity contribution in [2.75, 3.05) is 0 Å². The Morgan fingerprint density at radius 2 is 2.26 bits per heavy atom. The molecule has 100 valence electrons. The third-order valence-corrected chi connectivity index (χ3v) is 3.56. The Bertz CT molecular complexity index is 624. The fourth-order valence-corrected chi connectivity index (χ4v) is 2.22. The van der Waals surface area contributed by atoms with Crippen LogP contribution in [-0.2, 0) is 13.6 Å². The number of benzene rings is 1. The minimum Gasteiger partial charge on any atom is -0.348 e. The first-order valence-corrected chi connectivity index (χ1v) is 6.49. The lowest BCUT2D eigenvalue weighted by molar-refractivity contribution is 0.0949. The second-order valence-corrected chi connectivity index (χ2v) is 4.99. The molecule has 0 bridgehead atoms. The predicted octanol–water partition coefficient (Wildman–Crippen LogP) is 2.56. The Morgan fingerprint density at radius 1 is 1.53 bits per heavy atom. The minimum atomic E-state index is -0.454. The van der Waals surface area contributed by atoms with Gasteiger partial charge in [-0.3, -0.25) is 9.48 Å². The van der Waals surface area contributed by atoms with E-state index in [9.17, 15) is 9.18 Å². The van der Waals surface area contributed by atoms with Crippen molar-refractivity contribution in [2.24, 2.45) is 7.05 Å². The third kappa shape index (κ3) is 3.01. The standard InChI is InChI=1S/C13H13BrFN3O/c1-8-9(7-18(2)17-8)6-16-13(19)10-4-3-5-11(15)12(10)14/h3-5,7H,6H2,1-2H3,(H,16,19). The first kappa shape index (κ1) is 13.7. The van der Waals surface area contributed by atoms with Gasteiger partial charge >= 0.3 is 0 Å². The zero-order valence-corrected chi connectivity index (χ0v) is 12.2. The molecule has 19 heavy (non-hydrogen) atoms. The number of halogens is 2. The monoisotopic (exact) mass is 325 g/mol. The van der Waals surface area contributed by atoms with Gasteiger partial charge < -0.3 is 5.32 Å². The second kappa shape index (κ2) is 5.52. The molecule has 0 aliphatic rings. The van der Waals surface area contributed by atoms with Gasteiger partial charge in [0.25, 0.3) is 5.91 Å². The van der Waals surface area contributed by atoms with Crippen molar-refractivity contribution in [3.8, 4) is 0 Å². The molecule has 0 unspecified atom stereocenters. The Morgan fingerprint density at radius 3 is 2.89 bits per heavy atom. The van der Waals surface area contributed by atoms with Crippen molar-refractivity contribution >= 4 is 21.8 Å². The smallest absolute Gasteiger partial charge is 0.252 e. The Balaban J connectivity index is 2.10. The normalized spacial score (nSPS) is 10.5. The van der Waals surface area contributed by atoms with Gasteiger partial charge in [-0.25, -0.2) is 4.39 Å². The first-order chi connectivity index (χ1) is 8.99. The molecule has 0 saturated heterocycles. The maximum atomic E-state index is 13.3. The second-order valence-electron chi connectivity index (χ2n) is 4.20. The Kier molecular flexibility index (Phi) is 3.99. The molecule has 1 aromatic heterocycles. The molecule has 4 nitrogen and oxygen atoms in total. The van der Waals surface area contributed by atoms with Crippen LogP contribution in [0.15, 0.2) is 28.9 Å². The summed E-state index contributed by atoms with van der Waals surface area (Å²) in [5, 5.41) is 6.94. The van der Waals surface area contributed by atoms with Crippen LogP contribution in [0.1, 0.15) is 21.6 Å². The summed E-state index contributed by atoms with van der Waals surface area (Å²) in [5.74, 6) is -0.778. The summed E-state index contributed by atoms with van der Waals surface area (Å²) in [6, 6.07) is 4.37. The van der Waals surface area contributed by atoms with Crippen LogP contribution in [0, 0.1) is 12.7 Å². The van der Waals surface area contributed by atoms with Crippen LogP contribution in [-0.4, -0.2) is 15.7 Å². The number of aryl methyl sites for hydroxylation is 2. The number of hydrogen-bond acceptors (Lipinski definition) is 2. The molecule has 1 heterocycles. The SMILES string of the molecule is Cc1nn(C)cc1CNC(=O)c1cccc(F)c1Br. The van der Waals surface area contributed by atoms with Crippen LogP contribution in [0.5, 0.6) is 0 Å². The van der Waals surface area contributed by atoms with E-state index in [0.717, 1.165) is 11.3 Å². The molecule has 0 aliphatic carbocycles. The molecule has 0 spiro atoms. The number of amides is 1. The van der Waals surface area contributed by atoms with Gasteiger partial charge in [-0.2, -0.15) is 5.10 Å². The molecule has 2 aromatic rings. The number of rotatable bonds is 3. The predicted molar refractivity (Wildman–Crippen MR) is 73.2 cm³/mol. The molecule has 2 rings (SSSR count). The van der Waals surface area contributed by atoms with Gasteiger partial charge in [0.1, 0.15) is 5.82 Å². The zero-order valence-electron chi connectivity index (χ0n) is 10.6. The lowest BCUT2D eigenvalue weighted by atomic mass is 10.2. The van der Waals surface area contributed by atoms with Gasteiger partial charge in [-0.05, 0) is 35.0 Å². The van der Waals surface area contributed by atoms with Crippen molar-refractivity contribution < 1.29 is 9.18 Å².